The molecule has 0 N–H and O–H groups in total. The van der Waals surface area contributed by atoms with E-state index in [-0.39, 0.29) is 26.6 Å². The fourth-order valence-corrected chi connectivity index (χ4v) is 10.3. The number of benzene rings is 4. The van der Waals surface area contributed by atoms with E-state index in [0.717, 1.165) is 17.7 Å². The third-order valence-corrected chi connectivity index (χ3v) is 11.9. The minimum absolute atomic E-state index is 0. The summed E-state index contributed by atoms with van der Waals surface area (Å²) in [5.41, 5.74) is 0. The van der Waals surface area contributed by atoms with Crippen molar-refractivity contribution in [1.29, 1.82) is 0 Å². The Kier molecular flexibility index (Phi) is 11.0. The number of hydrogen-bond donors (Lipinski definition) is 0. The first-order valence-electron chi connectivity index (χ1n) is 11.4. The minimum atomic E-state index is -1.08. The van der Waals surface area contributed by atoms with Crippen molar-refractivity contribution in [1.82, 2.24) is 0 Å². The molecule has 5 heteroatoms. The molecule has 0 aromatic heterocycles. The molecule has 2 radical (unpaired) electrons. The molecule has 4 rings (SSSR count). The van der Waals surface area contributed by atoms with Crippen molar-refractivity contribution in [3.63, 3.8) is 0 Å². The van der Waals surface area contributed by atoms with Gasteiger partial charge in [-0.25, -0.2) is 0 Å². The first-order chi connectivity index (χ1) is 16.3. The van der Waals surface area contributed by atoms with Gasteiger partial charge in [0.1, 0.15) is 10.6 Å². The first kappa shape index (κ1) is 26.8. The molecule has 0 spiro atoms. The smallest absolute Gasteiger partial charge is 0.161 e. The molecular weight excluding hydrogens is 651 g/mol. The van der Waals surface area contributed by atoms with Crippen molar-refractivity contribution in [2.45, 2.75) is 6.42 Å². The molecule has 0 atom stereocenters. The maximum absolute atomic E-state index is 5.78. The first-order valence-corrected chi connectivity index (χ1v) is 14.8. The van der Waals surface area contributed by atoms with Crippen LogP contribution in [0.15, 0.2) is 109 Å². The molecule has 0 amide bonds. The predicted molar refractivity (Wildman–Crippen MR) is 154 cm³/mol. The number of hydrogen-bond acceptors (Lipinski definition) is 2. The molecule has 0 aliphatic rings. The molecule has 0 aliphatic heterocycles. The summed E-state index contributed by atoms with van der Waals surface area (Å²) in [6.07, 6.45) is 3.51. The Bertz CT molecular complexity index is 1050. The van der Waals surface area contributed by atoms with E-state index in [1.807, 2.05) is 0 Å². The average Bonchev–Trinajstić information content (AvgIpc) is 2.90. The Labute approximate surface area is 225 Å². The molecule has 0 heterocycles. The van der Waals surface area contributed by atoms with E-state index in [0.29, 0.717) is 0 Å². The van der Waals surface area contributed by atoms with E-state index < -0.39 is 15.8 Å². The zero-order chi connectivity index (χ0) is 22.9. The van der Waals surface area contributed by atoms with Crippen LogP contribution < -0.4 is 30.7 Å². The van der Waals surface area contributed by atoms with Gasteiger partial charge in [-0.15, -0.1) is 0 Å². The van der Waals surface area contributed by atoms with E-state index in [2.05, 4.69) is 109 Å². The molecule has 0 fully saturated rings. The van der Waals surface area contributed by atoms with E-state index >= 15 is 0 Å². The standard InChI is InChI=1S/C29H30O2P2.Po/c1-30-26-18-9-11-20-28(26)33(29-21-12-10-19-27(29)31-2)23-13-22-32(24-14-5-3-6-15-24)25-16-7-4-8-17-25;/h3-12,14-21H,13,22-23H2,1-2H3;/p+2. The predicted octanol–water partition coefficient (Wildman–Crippen LogP) is 4.74. The van der Waals surface area contributed by atoms with Gasteiger partial charge in [0.25, 0.3) is 0 Å². The Hall–Kier alpha value is -1.76. The van der Waals surface area contributed by atoms with Crippen molar-refractivity contribution in [3.05, 3.63) is 109 Å². The number of ether oxygens (including phenoxy) is 2. The Morgan fingerprint density at radius 3 is 1.32 bits per heavy atom. The summed E-state index contributed by atoms with van der Waals surface area (Å²) in [7, 11) is 1.63. The van der Waals surface area contributed by atoms with Crippen LogP contribution in [-0.2, 0) is 0 Å². The van der Waals surface area contributed by atoms with Crippen LogP contribution in [0.1, 0.15) is 6.42 Å². The monoisotopic (exact) mass is 683 g/mol. The summed E-state index contributed by atoms with van der Waals surface area (Å²) in [5, 5.41) is 5.61. The second kappa shape index (κ2) is 14.0. The van der Waals surface area contributed by atoms with E-state index in [4.69, 9.17) is 9.47 Å². The molecule has 0 saturated carbocycles. The zero-order valence-electron chi connectivity index (χ0n) is 19.7. The SMILES string of the molecule is COc1ccccc1[PH+](CCC[PH+](c1ccccc1)c1ccccc1)c1ccccc1OC.[Po]. The van der Waals surface area contributed by atoms with Gasteiger partial charge in [-0.1, -0.05) is 60.7 Å². The van der Waals surface area contributed by atoms with Gasteiger partial charge in [-0.05, 0) is 48.5 Å². The number of methoxy groups -OCH3 is 2. The fraction of sp³-hybridized carbons (Fsp3) is 0.172. The van der Waals surface area contributed by atoms with Crippen LogP contribution in [-0.4, -0.2) is 53.1 Å². The summed E-state index contributed by atoms with van der Waals surface area (Å²) in [6, 6.07) is 39.1. The summed E-state index contributed by atoms with van der Waals surface area (Å²) in [5.74, 6) is 1.96. The van der Waals surface area contributed by atoms with Gasteiger partial charge >= 0.3 is 0 Å². The maximum atomic E-state index is 5.78. The Balaban J connectivity index is 0.00000324. The van der Waals surface area contributed by atoms with Crippen LogP contribution in [0, 0.1) is 0 Å². The average molecular weight is 684 g/mol. The Morgan fingerprint density at radius 1 is 0.500 bits per heavy atom. The zero-order valence-corrected chi connectivity index (χ0v) is 24.9. The molecule has 34 heavy (non-hydrogen) atoms. The second-order valence-electron chi connectivity index (χ2n) is 7.94. The maximum Gasteiger partial charge on any atom is 0.161 e. The van der Waals surface area contributed by atoms with Crippen LogP contribution in [0.2, 0.25) is 0 Å². The summed E-state index contributed by atoms with van der Waals surface area (Å²) in [6.45, 7) is 0. The molecule has 0 aliphatic carbocycles. The molecule has 0 unspecified atom stereocenters. The van der Waals surface area contributed by atoms with Crippen molar-refractivity contribution < 1.29 is 9.47 Å². The van der Waals surface area contributed by atoms with Crippen molar-refractivity contribution in [3.8, 4) is 11.5 Å². The fourth-order valence-electron chi connectivity index (χ4n) is 4.38. The van der Waals surface area contributed by atoms with Gasteiger partial charge < -0.3 is 9.47 Å². The normalized spacial score (nSPS) is 10.7. The van der Waals surface area contributed by atoms with E-state index in [1.165, 1.54) is 33.8 Å². The number of para-hydroxylation sites is 2. The van der Waals surface area contributed by atoms with Gasteiger partial charge in [0.2, 0.25) is 0 Å². The minimum Gasteiger partial charge on any atom is -0.493 e. The molecule has 174 valence electrons. The van der Waals surface area contributed by atoms with Crippen molar-refractivity contribution >= 4 is 63.6 Å². The van der Waals surface area contributed by atoms with E-state index in [9.17, 15) is 0 Å². The Morgan fingerprint density at radius 2 is 0.882 bits per heavy atom. The molecule has 2 nitrogen and oxygen atoms in total. The number of rotatable bonds is 10. The quantitative estimate of drug-likeness (QED) is 0.225. The summed E-state index contributed by atoms with van der Waals surface area (Å²) >= 11 is 0. The third kappa shape index (κ3) is 6.67. The summed E-state index contributed by atoms with van der Waals surface area (Å²) < 4.78 is 11.6. The molecular formula is C29H32O2P2Po+2. The van der Waals surface area contributed by atoms with Crippen molar-refractivity contribution in [2.75, 3.05) is 26.5 Å². The van der Waals surface area contributed by atoms with Crippen LogP contribution in [0.4, 0.5) is 0 Å². The van der Waals surface area contributed by atoms with Crippen molar-refractivity contribution in [2.24, 2.45) is 0 Å². The summed E-state index contributed by atoms with van der Waals surface area (Å²) in [4.78, 5) is 0. The van der Waals surface area contributed by atoms with Crippen LogP contribution >= 0.6 is 15.8 Å². The van der Waals surface area contributed by atoms with Gasteiger partial charge in [-0.3, -0.25) is 0 Å². The second-order valence-corrected chi connectivity index (χ2v) is 13.1. The molecule has 4 aromatic rings. The van der Waals surface area contributed by atoms with Gasteiger partial charge in [-0.2, -0.15) is 0 Å². The molecule has 0 saturated heterocycles. The third-order valence-electron chi connectivity index (χ3n) is 5.96. The van der Waals surface area contributed by atoms with Gasteiger partial charge in [0.05, 0.1) is 53.0 Å². The topological polar surface area (TPSA) is 18.5 Å². The molecule has 0 bridgehead atoms. The van der Waals surface area contributed by atoms with Crippen LogP contribution in [0.25, 0.3) is 0 Å². The van der Waals surface area contributed by atoms with Crippen LogP contribution in [0.5, 0.6) is 11.5 Å². The molecule has 4 aromatic carbocycles. The largest absolute Gasteiger partial charge is 0.493 e. The van der Waals surface area contributed by atoms with Gasteiger partial charge in [0.15, 0.2) is 11.5 Å². The van der Waals surface area contributed by atoms with Gasteiger partial charge in [0, 0.05) is 33.0 Å². The van der Waals surface area contributed by atoms with Crippen LogP contribution in [0.3, 0.4) is 0 Å². The van der Waals surface area contributed by atoms with E-state index in [1.54, 1.807) is 14.2 Å².